The van der Waals surface area contributed by atoms with E-state index < -0.39 is 9.84 Å². The highest BCUT2D eigenvalue weighted by atomic mass is 32.2. The first-order valence-electron chi connectivity index (χ1n) is 13.4. The highest BCUT2D eigenvalue weighted by molar-refractivity contribution is 7.90. The second kappa shape index (κ2) is 9.58. The van der Waals surface area contributed by atoms with Crippen molar-refractivity contribution in [1.82, 2.24) is 29.3 Å². The third kappa shape index (κ3) is 4.38. The van der Waals surface area contributed by atoms with Crippen molar-refractivity contribution in [2.24, 2.45) is 5.92 Å². The molecule has 0 unspecified atom stereocenters. The van der Waals surface area contributed by atoms with Gasteiger partial charge in [0.1, 0.15) is 21.2 Å². The summed E-state index contributed by atoms with van der Waals surface area (Å²) >= 11 is 0. The average Bonchev–Trinajstić information content (AvgIpc) is 3.52. The second-order valence-electron chi connectivity index (χ2n) is 11.0. The van der Waals surface area contributed by atoms with E-state index in [1.807, 2.05) is 36.0 Å². The molecule has 0 spiro atoms. The molecular formula is C29H33N7O3S. The summed E-state index contributed by atoms with van der Waals surface area (Å²) in [6, 6.07) is 8.22. The summed E-state index contributed by atoms with van der Waals surface area (Å²) in [5, 5.41) is 6.68. The van der Waals surface area contributed by atoms with Crippen molar-refractivity contribution >= 4 is 37.5 Å². The number of fused-ring (bicyclic) bond motifs is 2. The zero-order valence-corrected chi connectivity index (χ0v) is 24.3. The molecule has 2 atom stereocenters. The van der Waals surface area contributed by atoms with Gasteiger partial charge in [-0.25, -0.2) is 18.1 Å². The molecule has 0 saturated carbocycles. The maximum absolute atomic E-state index is 11.9. The molecule has 0 aliphatic carbocycles. The summed E-state index contributed by atoms with van der Waals surface area (Å²) in [5.74, 6) is 1.74. The monoisotopic (exact) mass is 559 g/mol. The topological polar surface area (TPSA) is 108 Å². The predicted octanol–water partition coefficient (Wildman–Crippen LogP) is 4.60. The van der Waals surface area contributed by atoms with Gasteiger partial charge in [-0.15, -0.1) is 0 Å². The first-order valence-corrected chi connectivity index (χ1v) is 15.4. The van der Waals surface area contributed by atoms with E-state index in [0.29, 0.717) is 18.1 Å². The minimum atomic E-state index is -3.02. The van der Waals surface area contributed by atoms with Crippen molar-refractivity contribution in [2.45, 2.75) is 39.8 Å². The van der Waals surface area contributed by atoms with Crippen molar-refractivity contribution in [1.29, 1.82) is 0 Å². The maximum atomic E-state index is 11.9. The largest absolute Gasteiger partial charge is 0.496 e. The molecule has 0 bridgehead atoms. The number of hydrogen-bond acceptors (Lipinski definition) is 8. The fourth-order valence-electron chi connectivity index (χ4n) is 5.68. The Kier molecular flexibility index (Phi) is 6.29. The summed E-state index contributed by atoms with van der Waals surface area (Å²) in [4.78, 5) is 16.5. The molecule has 1 saturated heterocycles. The SMILES string of the molecule is COc1ccncc1-c1cc2c(cnn2-c2ccc3c(N4C[C@H](CS(C)(=O)=O)[C@H]4C)cn(C(C)C)c3n2)c(C)n1. The standard InChI is InChI=1S/C29H33N7O3S/c1-17(2)34-15-26(35-14-20(19(35)4)16-40(6,37)38)21-7-8-28(33-29(21)34)36-25-11-24(32-18(3)22(25)13-31-36)23-12-30-10-9-27(23)39-5/h7-13,15,17,19-20H,14,16H2,1-6H3/t19-,20-/m1/s1. The minimum absolute atomic E-state index is 0.125. The van der Waals surface area contributed by atoms with Crippen LogP contribution in [0.2, 0.25) is 0 Å². The van der Waals surface area contributed by atoms with Gasteiger partial charge in [-0.05, 0) is 52.0 Å². The first kappa shape index (κ1) is 26.2. The van der Waals surface area contributed by atoms with E-state index in [1.165, 1.54) is 6.26 Å². The Bertz CT molecular complexity index is 1860. The molecular weight excluding hydrogens is 526 g/mol. The molecule has 5 aromatic rings. The summed E-state index contributed by atoms with van der Waals surface area (Å²) in [5.41, 5.74) is 5.25. The Hall–Kier alpha value is -3.99. The molecule has 0 amide bonds. The predicted molar refractivity (Wildman–Crippen MR) is 157 cm³/mol. The molecule has 40 heavy (non-hydrogen) atoms. The van der Waals surface area contributed by atoms with Crippen LogP contribution in [0.1, 0.15) is 32.5 Å². The molecule has 1 fully saturated rings. The molecule has 11 heteroatoms. The highest BCUT2D eigenvalue weighted by Crippen LogP contribution is 2.39. The van der Waals surface area contributed by atoms with Gasteiger partial charge in [0.15, 0.2) is 5.82 Å². The molecule has 0 aromatic carbocycles. The fourth-order valence-corrected chi connectivity index (χ4v) is 6.84. The lowest BCUT2D eigenvalue weighted by atomic mass is 9.91. The first-order chi connectivity index (χ1) is 19.1. The van der Waals surface area contributed by atoms with Crippen molar-refractivity contribution in [2.75, 3.05) is 30.6 Å². The van der Waals surface area contributed by atoms with Crippen molar-refractivity contribution < 1.29 is 13.2 Å². The molecule has 1 aliphatic rings. The third-order valence-electron chi connectivity index (χ3n) is 7.88. The Morgan fingerprint density at radius 3 is 2.62 bits per heavy atom. The van der Waals surface area contributed by atoms with Gasteiger partial charge in [0.05, 0.1) is 41.5 Å². The van der Waals surface area contributed by atoms with Crippen LogP contribution in [-0.2, 0) is 9.84 Å². The Morgan fingerprint density at radius 2 is 1.93 bits per heavy atom. The Labute approximate surface area is 233 Å². The number of pyridine rings is 3. The second-order valence-corrected chi connectivity index (χ2v) is 13.1. The molecule has 0 radical (unpaired) electrons. The smallest absolute Gasteiger partial charge is 0.156 e. The third-order valence-corrected chi connectivity index (χ3v) is 8.92. The summed E-state index contributed by atoms with van der Waals surface area (Å²) in [6.07, 6.45) is 8.73. The van der Waals surface area contributed by atoms with Crippen molar-refractivity contribution in [3.63, 3.8) is 0 Å². The van der Waals surface area contributed by atoms with E-state index in [0.717, 1.165) is 44.6 Å². The van der Waals surface area contributed by atoms with Crippen LogP contribution >= 0.6 is 0 Å². The summed E-state index contributed by atoms with van der Waals surface area (Å²) < 4.78 is 33.3. The van der Waals surface area contributed by atoms with E-state index in [9.17, 15) is 8.42 Å². The number of hydrogen-bond donors (Lipinski definition) is 0. The number of anilines is 1. The van der Waals surface area contributed by atoms with Gasteiger partial charge in [0, 0.05) is 65.9 Å². The number of methoxy groups -OCH3 is 1. The van der Waals surface area contributed by atoms with Crippen LogP contribution in [0.5, 0.6) is 5.75 Å². The van der Waals surface area contributed by atoms with Gasteiger partial charge in [-0.1, -0.05) is 0 Å². The van der Waals surface area contributed by atoms with Crippen LogP contribution < -0.4 is 9.64 Å². The molecule has 208 valence electrons. The fraction of sp³-hybridized carbons (Fsp3) is 0.379. The lowest BCUT2D eigenvalue weighted by Gasteiger charge is -2.47. The van der Waals surface area contributed by atoms with Gasteiger partial charge in [-0.3, -0.25) is 9.97 Å². The van der Waals surface area contributed by atoms with Crippen LogP contribution in [0.15, 0.2) is 49.1 Å². The number of ether oxygens (including phenoxy) is 1. The molecule has 1 aliphatic heterocycles. The summed E-state index contributed by atoms with van der Waals surface area (Å²) in [7, 11) is -1.38. The highest BCUT2D eigenvalue weighted by Gasteiger charge is 2.39. The number of aryl methyl sites for hydroxylation is 1. The lowest BCUT2D eigenvalue weighted by molar-refractivity contribution is 0.341. The zero-order valence-electron chi connectivity index (χ0n) is 23.5. The van der Waals surface area contributed by atoms with E-state index >= 15 is 0 Å². The van der Waals surface area contributed by atoms with Crippen LogP contribution in [0.4, 0.5) is 5.69 Å². The van der Waals surface area contributed by atoms with Gasteiger partial charge < -0.3 is 14.2 Å². The molecule has 6 heterocycles. The molecule has 0 N–H and O–H groups in total. The Morgan fingerprint density at radius 1 is 1.12 bits per heavy atom. The van der Waals surface area contributed by atoms with Crippen molar-refractivity contribution in [3.05, 3.63) is 54.7 Å². The van der Waals surface area contributed by atoms with E-state index in [-0.39, 0.29) is 23.8 Å². The van der Waals surface area contributed by atoms with E-state index in [1.54, 1.807) is 19.5 Å². The van der Waals surface area contributed by atoms with Gasteiger partial charge in [0.25, 0.3) is 0 Å². The van der Waals surface area contributed by atoms with Crippen LogP contribution in [0.25, 0.3) is 39.0 Å². The van der Waals surface area contributed by atoms with Crippen LogP contribution in [-0.4, -0.2) is 69.4 Å². The van der Waals surface area contributed by atoms with Gasteiger partial charge in [0.2, 0.25) is 0 Å². The number of sulfone groups is 1. The summed E-state index contributed by atoms with van der Waals surface area (Å²) in [6.45, 7) is 9.05. The number of nitrogens with zero attached hydrogens (tertiary/aromatic N) is 7. The quantitative estimate of drug-likeness (QED) is 0.285. The van der Waals surface area contributed by atoms with E-state index in [2.05, 4.69) is 47.5 Å². The van der Waals surface area contributed by atoms with Gasteiger partial charge in [-0.2, -0.15) is 5.10 Å². The van der Waals surface area contributed by atoms with Crippen LogP contribution in [0, 0.1) is 12.8 Å². The molecule has 10 nitrogen and oxygen atoms in total. The number of aromatic nitrogens is 6. The van der Waals surface area contributed by atoms with Crippen molar-refractivity contribution in [3.8, 4) is 22.8 Å². The Balaban J connectivity index is 1.44. The lowest BCUT2D eigenvalue weighted by Crippen LogP contribution is -2.57. The molecule has 5 aromatic heterocycles. The normalized spacial score (nSPS) is 17.6. The zero-order chi connectivity index (χ0) is 28.3. The average molecular weight is 560 g/mol. The maximum Gasteiger partial charge on any atom is 0.156 e. The van der Waals surface area contributed by atoms with Crippen LogP contribution in [0.3, 0.4) is 0 Å². The van der Waals surface area contributed by atoms with Gasteiger partial charge >= 0.3 is 0 Å². The number of rotatable bonds is 7. The minimum Gasteiger partial charge on any atom is -0.496 e. The molecule has 6 rings (SSSR count). The van der Waals surface area contributed by atoms with E-state index in [4.69, 9.17) is 19.8 Å².